The smallest absolute Gasteiger partial charge is 0.339 e. The maximum absolute atomic E-state index is 12.7. The van der Waals surface area contributed by atoms with E-state index in [0.29, 0.717) is 0 Å². The van der Waals surface area contributed by atoms with Crippen molar-refractivity contribution < 1.29 is 18.3 Å². The minimum absolute atomic E-state index is 0.0895. The number of nitriles is 1. The molecule has 1 aromatic rings. The molecule has 0 heterocycles. The Morgan fingerprint density at radius 1 is 1.56 bits per heavy atom. The molecule has 0 spiro atoms. The molecule has 0 N–H and O–H groups in total. The van der Waals surface area contributed by atoms with Crippen molar-refractivity contribution in [1.82, 2.24) is 0 Å². The number of benzene rings is 1. The average molecular weight is 290 g/mol. The van der Waals surface area contributed by atoms with Crippen LogP contribution in [0.5, 0.6) is 0 Å². The van der Waals surface area contributed by atoms with Gasteiger partial charge in [0.1, 0.15) is 6.07 Å². The van der Waals surface area contributed by atoms with Gasteiger partial charge in [0.2, 0.25) is 0 Å². The van der Waals surface area contributed by atoms with E-state index in [4.69, 9.17) is 5.26 Å². The fraction of sp³-hybridized carbons (Fsp3) is 0.200. The summed E-state index contributed by atoms with van der Waals surface area (Å²) in [5.74, 6) is -0.814. The molecule has 0 atom stereocenters. The van der Waals surface area contributed by atoms with Gasteiger partial charge in [0.05, 0.1) is 23.8 Å². The Hall–Kier alpha value is -1.48. The van der Waals surface area contributed by atoms with Crippen LogP contribution in [0.25, 0.3) is 0 Å². The SMILES string of the molecule is COC(=O)c1ccc(Br)c(C(F)F)c1C#N. The van der Waals surface area contributed by atoms with Crippen LogP contribution < -0.4 is 0 Å². The van der Waals surface area contributed by atoms with E-state index in [-0.39, 0.29) is 15.6 Å². The molecular weight excluding hydrogens is 284 g/mol. The van der Waals surface area contributed by atoms with Crippen LogP contribution in [0.4, 0.5) is 8.78 Å². The molecule has 16 heavy (non-hydrogen) atoms. The van der Waals surface area contributed by atoms with Gasteiger partial charge in [-0.05, 0) is 12.1 Å². The molecule has 1 rings (SSSR count). The van der Waals surface area contributed by atoms with E-state index >= 15 is 0 Å². The highest BCUT2D eigenvalue weighted by atomic mass is 79.9. The summed E-state index contributed by atoms with van der Waals surface area (Å²) in [4.78, 5) is 11.2. The van der Waals surface area contributed by atoms with Crippen LogP contribution in [-0.2, 0) is 4.74 Å². The summed E-state index contributed by atoms with van der Waals surface area (Å²) in [7, 11) is 1.12. The number of hydrogen-bond donors (Lipinski definition) is 0. The largest absolute Gasteiger partial charge is 0.465 e. The average Bonchev–Trinajstić information content (AvgIpc) is 2.26. The minimum Gasteiger partial charge on any atom is -0.465 e. The molecule has 0 amide bonds. The summed E-state index contributed by atoms with van der Waals surface area (Å²) in [6.45, 7) is 0. The van der Waals surface area contributed by atoms with Crippen molar-refractivity contribution in [2.75, 3.05) is 7.11 Å². The van der Waals surface area contributed by atoms with Gasteiger partial charge in [0, 0.05) is 4.47 Å². The van der Waals surface area contributed by atoms with Crippen LogP contribution in [0, 0.1) is 11.3 Å². The molecular formula is C10H6BrF2NO2. The Kier molecular flexibility index (Phi) is 3.96. The molecule has 0 aliphatic carbocycles. The molecule has 0 aliphatic rings. The van der Waals surface area contributed by atoms with Crippen molar-refractivity contribution in [1.29, 1.82) is 5.26 Å². The van der Waals surface area contributed by atoms with Gasteiger partial charge in [0.15, 0.2) is 0 Å². The number of carbonyl (C=O) groups excluding carboxylic acids is 1. The third-order valence-electron chi connectivity index (χ3n) is 1.93. The van der Waals surface area contributed by atoms with Gasteiger partial charge >= 0.3 is 5.97 Å². The lowest BCUT2D eigenvalue weighted by molar-refractivity contribution is 0.0600. The zero-order valence-electron chi connectivity index (χ0n) is 8.13. The van der Waals surface area contributed by atoms with Crippen molar-refractivity contribution >= 4 is 21.9 Å². The van der Waals surface area contributed by atoms with Gasteiger partial charge in [-0.15, -0.1) is 0 Å². The van der Waals surface area contributed by atoms with Gasteiger partial charge in [-0.25, -0.2) is 13.6 Å². The third kappa shape index (κ3) is 2.19. The molecule has 0 aliphatic heterocycles. The van der Waals surface area contributed by atoms with Gasteiger partial charge < -0.3 is 4.74 Å². The molecule has 3 nitrogen and oxygen atoms in total. The van der Waals surface area contributed by atoms with Crippen molar-refractivity contribution in [2.24, 2.45) is 0 Å². The zero-order valence-corrected chi connectivity index (χ0v) is 9.72. The van der Waals surface area contributed by atoms with Crippen LogP contribution in [0.2, 0.25) is 0 Å². The summed E-state index contributed by atoms with van der Waals surface area (Å²) in [6.07, 6.45) is -2.84. The highest BCUT2D eigenvalue weighted by Crippen LogP contribution is 2.32. The second-order valence-corrected chi connectivity index (χ2v) is 3.64. The van der Waals surface area contributed by atoms with Gasteiger partial charge in [0.25, 0.3) is 6.43 Å². The minimum atomic E-state index is -2.84. The fourth-order valence-corrected chi connectivity index (χ4v) is 1.71. The number of rotatable bonds is 2. The molecule has 0 bridgehead atoms. The Bertz CT molecular complexity index is 469. The van der Waals surface area contributed by atoms with Crippen LogP contribution >= 0.6 is 15.9 Å². The Labute approximate surface area is 98.8 Å². The Balaban J connectivity index is 3.51. The normalized spacial score (nSPS) is 10.0. The monoisotopic (exact) mass is 289 g/mol. The quantitative estimate of drug-likeness (QED) is 0.786. The molecule has 0 unspecified atom stereocenters. The van der Waals surface area contributed by atoms with Crippen molar-refractivity contribution in [3.63, 3.8) is 0 Å². The zero-order chi connectivity index (χ0) is 12.3. The number of nitrogens with zero attached hydrogens (tertiary/aromatic N) is 1. The first-order valence-electron chi connectivity index (χ1n) is 4.11. The van der Waals surface area contributed by atoms with E-state index < -0.39 is 18.0 Å². The number of ether oxygens (including phenoxy) is 1. The van der Waals surface area contributed by atoms with E-state index in [1.54, 1.807) is 6.07 Å². The molecule has 0 saturated carbocycles. The van der Waals surface area contributed by atoms with Crippen LogP contribution in [0.3, 0.4) is 0 Å². The van der Waals surface area contributed by atoms with Crippen molar-refractivity contribution in [3.05, 3.63) is 33.3 Å². The lowest BCUT2D eigenvalue weighted by Crippen LogP contribution is -2.07. The summed E-state index contributed by atoms with van der Waals surface area (Å²) < 4.78 is 29.9. The molecule has 0 aromatic heterocycles. The molecule has 1 aromatic carbocycles. The van der Waals surface area contributed by atoms with E-state index in [2.05, 4.69) is 20.7 Å². The first-order chi connectivity index (χ1) is 7.52. The molecule has 6 heteroatoms. The topological polar surface area (TPSA) is 50.1 Å². The number of alkyl halides is 2. The van der Waals surface area contributed by atoms with E-state index in [9.17, 15) is 13.6 Å². The molecule has 0 radical (unpaired) electrons. The summed E-state index contributed by atoms with van der Waals surface area (Å²) >= 11 is 2.91. The van der Waals surface area contributed by atoms with Gasteiger partial charge in [-0.2, -0.15) is 5.26 Å². The second kappa shape index (κ2) is 5.03. The van der Waals surface area contributed by atoms with Crippen LogP contribution in [0.15, 0.2) is 16.6 Å². The maximum Gasteiger partial charge on any atom is 0.339 e. The predicted molar refractivity (Wildman–Crippen MR) is 55.2 cm³/mol. The Morgan fingerprint density at radius 3 is 2.62 bits per heavy atom. The standard InChI is InChI=1S/C10H6BrF2NO2/c1-16-10(15)5-2-3-7(11)8(9(12)13)6(5)4-14/h2-3,9H,1H3. The van der Waals surface area contributed by atoms with E-state index in [0.717, 1.165) is 7.11 Å². The molecule has 84 valence electrons. The molecule has 0 fully saturated rings. The first kappa shape index (κ1) is 12.6. The predicted octanol–water partition coefficient (Wildman–Crippen LogP) is 3.04. The van der Waals surface area contributed by atoms with Crippen LogP contribution in [-0.4, -0.2) is 13.1 Å². The first-order valence-corrected chi connectivity index (χ1v) is 4.91. The summed E-state index contributed by atoms with van der Waals surface area (Å²) in [6, 6.07) is 4.14. The number of carbonyl (C=O) groups is 1. The van der Waals surface area contributed by atoms with Crippen LogP contribution in [0.1, 0.15) is 27.9 Å². The fourth-order valence-electron chi connectivity index (χ4n) is 1.21. The third-order valence-corrected chi connectivity index (χ3v) is 2.62. The van der Waals surface area contributed by atoms with Crippen molar-refractivity contribution in [3.8, 4) is 6.07 Å². The van der Waals surface area contributed by atoms with Gasteiger partial charge in [-0.1, -0.05) is 15.9 Å². The van der Waals surface area contributed by atoms with Gasteiger partial charge in [-0.3, -0.25) is 0 Å². The highest BCUT2D eigenvalue weighted by molar-refractivity contribution is 9.10. The summed E-state index contributed by atoms with van der Waals surface area (Å²) in [5.41, 5.74) is -1.02. The Morgan fingerprint density at radius 2 is 2.19 bits per heavy atom. The number of halogens is 3. The lowest BCUT2D eigenvalue weighted by atomic mass is 10.0. The summed E-state index contributed by atoms with van der Waals surface area (Å²) in [5, 5.41) is 8.81. The number of hydrogen-bond acceptors (Lipinski definition) is 3. The van der Waals surface area contributed by atoms with E-state index in [1.807, 2.05) is 0 Å². The van der Waals surface area contributed by atoms with E-state index in [1.165, 1.54) is 12.1 Å². The lowest BCUT2D eigenvalue weighted by Gasteiger charge is -2.09. The maximum atomic E-state index is 12.7. The number of methoxy groups -OCH3 is 1. The van der Waals surface area contributed by atoms with Crippen molar-refractivity contribution in [2.45, 2.75) is 6.43 Å². The molecule has 0 saturated heterocycles. The highest BCUT2D eigenvalue weighted by Gasteiger charge is 2.23. The second-order valence-electron chi connectivity index (χ2n) is 2.79. The number of esters is 1.